The van der Waals surface area contributed by atoms with Gasteiger partial charge in [0, 0.05) is 10.6 Å². The topological polar surface area (TPSA) is 78.4 Å². The SMILES string of the molecule is CCC(C)(CC)NC(=O)Nc1c(Cl)cc(Cl)cc1C(=O)O. The van der Waals surface area contributed by atoms with Crippen LogP contribution in [0, 0.1) is 0 Å². The van der Waals surface area contributed by atoms with Gasteiger partial charge in [0.15, 0.2) is 0 Å². The number of nitrogens with one attached hydrogen (secondary N) is 2. The summed E-state index contributed by atoms with van der Waals surface area (Å²) in [4.78, 5) is 23.3. The predicted molar refractivity (Wildman–Crippen MR) is 84.6 cm³/mol. The second-order valence-electron chi connectivity index (χ2n) is 4.96. The Balaban J connectivity index is 3.03. The van der Waals surface area contributed by atoms with E-state index in [1.807, 2.05) is 20.8 Å². The Labute approximate surface area is 133 Å². The van der Waals surface area contributed by atoms with Gasteiger partial charge in [-0.15, -0.1) is 0 Å². The van der Waals surface area contributed by atoms with Crippen molar-refractivity contribution >= 4 is 40.9 Å². The number of hydrogen-bond acceptors (Lipinski definition) is 2. The third-order valence-corrected chi connectivity index (χ3v) is 4.02. The third-order valence-electron chi connectivity index (χ3n) is 3.50. The van der Waals surface area contributed by atoms with Crippen LogP contribution < -0.4 is 10.6 Å². The molecule has 3 N–H and O–H groups in total. The van der Waals surface area contributed by atoms with Crippen LogP contribution >= 0.6 is 23.2 Å². The number of benzene rings is 1. The minimum atomic E-state index is -1.22. The monoisotopic (exact) mass is 332 g/mol. The average molecular weight is 333 g/mol. The van der Waals surface area contributed by atoms with Crippen molar-refractivity contribution < 1.29 is 14.7 Å². The second kappa shape index (κ2) is 7.00. The van der Waals surface area contributed by atoms with Gasteiger partial charge in [-0.1, -0.05) is 37.0 Å². The molecule has 0 heterocycles. The highest BCUT2D eigenvalue weighted by molar-refractivity contribution is 6.37. The highest BCUT2D eigenvalue weighted by Gasteiger charge is 2.23. The number of halogens is 2. The van der Waals surface area contributed by atoms with Gasteiger partial charge < -0.3 is 15.7 Å². The fourth-order valence-corrected chi connectivity index (χ4v) is 2.26. The molecule has 7 heteroatoms. The van der Waals surface area contributed by atoms with E-state index in [2.05, 4.69) is 10.6 Å². The molecule has 5 nitrogen and oxygen atoms in total. The largest absolute Gasteiger partial charge is 0.478 e. The molecule has 0 saturated heterocycles. The number of amides is 2. The lowest BCUT2D eigenvalue weighted by Gasteiger charge is -2.28. The summed E-state index contributed by atoms with van der Waals surface area (Å²) in [6.07, 6.45) is 1.49. The van der Waals surface area contributed by atoms with Crippen molar-refractivity contribution in [1.82, 2.24) is 5.32 Å². The van der Waals surface area contributed by atoms with Crippen LogP contribution in [-0.4, -0.2) is 22.6 Å². The number of carbonyl (C=O) groups is 2. The maximum absolute atomic E-state index is 12.1. The van der Waals surface area contributed by atoms with Crippen LogP contribution in [0.4, 0.5) is 10.5 Å². The molecule has 116 valence electrons. The van der Waals surface area contributed by atoms with Crippen LogP contribution in [-0.2, 0) is 0 Å². The molecule has 0 aromatic heterocycles. The average Bonchev–Trinajstić information content (AvgIpc) is 2.41. The summed E-state index contributed by atoms with van der Waals surface area (Å²) >= 11 is 11.7. The third kappa shape index (κ3) is 4.51. The Morgan fingerprint density at radius 1 is 1.24 bits per heavy atom. The number of urea groups is 1. The summed E-state index contributed by atoms with van der Waals surface area (Å²) < 4.78 is 0. The number of carboxylic acid groups (broad SMARTS) is 1. The molecule has 0 fully saturated rings. The number of aromatic carboxylic acids is 1. The van der Waals surface area contributed by atoms with Gasteiger partial charge in [0.05, 0.1) is 16.3 Å². The number of anilines is 1. The molecule has 1 aromatic rings. The van der Waals surface area contributed by atoms with Crippen LogP contribution in [0.25, 0.3) is 0 Å². The van der Waals surface area contributed by atoms with E-state index in [1.165, 1.54) is 12.1 Å². The number of rotatable bonds is 5. The lowest BCUT2D eigenvalue weighted by atomic mass is 9.96. The molecule has 2 amide bonds. The van der Waals surface area contributed by atoms with E-state index in [4.69, 9.17) is 28.3 Å². The molecule has 21 heavy (non-hydrogen) atoms. The molecule has 0 bridgehead atoms. The van der Waals surface area contributed by atoms with Gasteiger partial charge >= 0.3 is 12.0 Å². The van der Waals surface area contributed by atoms with Crippen molar-refractivity contribution in [3.05, 3.63) is 27.7 Å². The number of carboxylic acids is 1. The lowest BCUT2D eigenvalue weighted by molar-refractivity contribution is 0.0698. The molecule has 0 unspecified atom stereocenters. The number of carbonyl (C=O) groups excluding carboxylic acids is 1. The van der Waals surface area contributed by atoms with Gasteiger partial charge in [-0.2, -0.15) is 0 Å². The van der Waals surface area contributed by atoms with Crippen LogP contribution in [0.5, 0.6) is 0 Å². The predicted octanol–water partition coefficient (Wildman–Crippen LogP) is 4.39. The van der Waals surface area contributed by atoms with E-state index in [-0.39, 0.29) is 26.8 Å². The zero-order chi connectivity index (χ0) is 16.2. The van der Waals surface area contributed by atoms with Crippen molar-refractivity contribution in [3.8, 4) is 0 Å². The summed E-state index contributed by atoms with van der Waals surface area (Å²) in [6, 6.07) is 2.11. The van der Waals surface area contributed by atoms with E-state index in [0.717, 1.165) is 12.8 Å². The van der Waals surface area contributed by atoms with E-state index >= 15 is 0 Å². The first-order valence-corrected chi connectivity index (χ1v) is 7.29. The van der Waals surface area contributed by atoms with E-state index in [0.29, 0.717) is 0 Å². The van der Waals surface area contributed by atoms with E-state index < -0.39 is 12.0 Å². The Morgan fingerprint density at radius 2 is 1.81 bits per heavy atom. The standard InChI is InChI=1S/C14H18Cl2N2O3/c1-4-14(3,5-2)18-13(21)17-11-9(12(19)20)6-8(15)7-10(11)16/h6-7H,4-5H2,1-3H3,(H,19,20)(H2,17,18,21). The van der Waals surface area contributed by atoms with Crippen LogP contribution in [0.3, 0.4) is 0 Å². The lowest BCUT2D eigenvalue weighted by Crippen LogP contribution is -2.47. The van der Waals surface area contributed by atoms with Crippen LogP contribution in [0.15, 0.2) is 12.1 Å². The van der Waals surface area contributed by atoms with Crippen LogP contribution in [0.2, 0.25) is 10.0 Å². The van der Waals surface area contributed by atoms with Crippen molar-refractivity contribution in [2.45, 2.75) is 39.2 Å². The van der Waals surface area contributed by atoms with Gasteiger partial charge in [0.25, 0.3) is 0 Å². The molecule has 1 aromatic carbocycles. The Hall–Kier alpha value is -1.46. The number of hydrogen-bond donors (Lipinski definition) is 3. The molecule has 0 saturated carbocycles. The Kier molecular flexibility index (Phi) is 5.87. The quantitative estimate of drug-likeness (QED) is 0.748. The first-order chi connectivity index (χ1) is 9.72. The zero-order valence-corrected chi connectivity index (χ0v) is 13.6. The maximum atomic E-state index is 12.1. The fraction of sp³-hybridized carbons (Fsp3) is 0.429. The first-order valence-electron chi connectivity index (χ1n) is 6.54. The molecular weight excluding hydrogens is 315 g/mol. The second-order valence-corrected chi connectivity index (χ2v) is 5.81. The Bertz CT molecular complexity index is 557. The molecule has 0 aliphatic carbocycles. The van der Waals surface area contributed by atoms with E-state index in [1.54, 1.807) is 0 Å². The minimum absolute atomic E-state index is 0.0284. The highest BCUT2D eigenvalue weighted by atomic mass is 35.5. The van der Waals surface area contributed by atoms with Gasteiger partial charge in [-0.05, 0) is 31.9 Å². The van der Waals surface area contributed by atoms with Crippen molar-refractivity contribution in [1.29, 1.82) is 0 Å². The summed E-state index contributed by atoms with van der Waals surface area (Å²) in [5, 5.41) is 14.7. The van der Waals surface area contributed by atoms with Crippen LogP contribution in [0.1, 0.15) is 44.0 Å². The van der Waals surface area contributed by atoms with Gasteiger partial charge in [0.2, 0.25) is 0 Å². The summed E-state index contributed by atoms with van der Waals surface area (Å²) in [7, 11) is 0. The normalized spacial score (nSPS) is 11.1. The van der Waals surface area contributed by atoms with Gasteiger partial charge in [-0.3, -0.25) is 0 Å². The molecule has 1 rings (SSSR count). The fourth-order valence-electron chi connectivity index (χ4n) is 1.71. The Morgan fingerprint density at radius 3 is 2.29 bits per heavy atom. The van der Waals surface area contributed by atoms with Crippen molar-refractivity contribution in [2.24, 2.45) is 0 Å². The molecule has 0 aliphatic heterocycles. The summed E-state index contributed by atoms with van der Waals surface area (Å²) in [6.45, 7) is 5.83. The summed E-state index contributed by atoms with van der Waals surface area (Å²) in [5.41, 5.74) is -0.496. The minimum Gasteiger partial charge on any atom is -0.478 e. The molecule has 0 spiro atoms. The molecule has 0 atom stereocenters. The molecule has 0 aliphatic rings. The van der Waals surface area contributed by atoms with Gasteiger partial charge in [0.1, 0.15) is 0 Å². The van der Waals surface area contributed by atoms with E-state index in [9.17, 15) is 9.59 Å². The smallest absolute Gasteiger partial charge is 0.337 e. The highest BCUT2D eigenvalue weighted by Crippen LogP contribution is 2.30. The maximum Gasteiger partial charge on any atom is 0.337 e. The zero-order valence-electron chi connectivity index (χ0n) is 12.1. The summed E-state index contributed by atoms with van der Waals surface area (Å²) in [5.74, 6) is -1.22. The van der Waals surface area contributed by atoms with Crippen molar-refractivity contribution in [2.75, 3.05) is 5.32 Å². The molecular formula is C14H18Cl2N2O3. The van der Waals surface area contributed by atoms with Gasteiger partial charge in [-0.25, -0.2) is 9.59 Å². The molecule has 0 radical (unpaired) electrons. The van der Waals surface area contributed by atoms with Crippen molar-refractivity contribution in [3.63, 3.8) is 0 Å². The first kappa shape index (κ1) is 17.6.